The molecule has 0 bridgehead atoms. The molecule has 2 N–H and O–H groups in total. The van der Waals surface area contributed by atoms with Crippen molar-refractivity contribution < 1.29 is 29.4 Å². The number of carbonyl (C=O) groups excluding carboxylic acids is 4. The van der Waals surface area contributed by atoms with E-state index in [1.807, 2.05) is 0 Å². The molecule has 32 heavy (non-hydrogen) atoms. The molecule has 12 heteroatoms. The number of ketones is 2. The average molecular weight is 436 g/mol. The second-order valence-electron chi connectivity index (χ2n) is 6.70. The summed E-state index contributed by atoms with van der Waals surface area (Å²) in [5, 5.41) is 27.8. The number of benzene rings is 2. The van der Waals surface area contributed by atoms with Crippen molar-refractivity contribution in [3.63, 3.8) is 0 Å². The molecule has 0 saturated heterocycles. The van der Waals surface area contributed by atoms with Crippen LogP contribution in [0, 0.1) is 13.8 Å². The SMILES string of the molecule is Cc1ccccc1C(=O)[C@](O)(C(=O)N=[N+]=[N-])[C@@](O)(C(=O)N=[N+]=[N-])C(=O)c1ccccc1C. The predicted molar refractivity (Wildman–Crippen MR) is 109 cm³/mol. The van der Waals surface area contributed by atoms with E-state index >= 15 is 0 Å². The van der Waals surface area contributed by atoms with Crippen LogP contribution in [0.3, 0.4) is 0 Å². The molecule has 0 aliphatic heterocycles. The lowest BCUT2D eigenvalue weighted by atomic mass is 9.71. The highest BCUT2D eigenvalue weighted by molar-refractivity contribution is 6.31. The molecule has 2 aromatic rings. The number of amides is 2. The van der Waals surface area contributed by atoms with Crippen molar-refractivity contribution in [3.05, 3.63) is 91.7 Å². The number of rotatable bonds is 7. The third-order valence-corrected chi connectivity index (χ3v) is 4.85. The number of Topliss-reactive ketones (excluding diaryl/α,β-unsaturated/α-hetero) is 2. The molecule has 162 valence electrons. The van der Waals surface area contributed by atoms with Crippen molar-refractivity contribution in [3.8, 4) is 0 Å². The maximum atomic E-state index is 13.3. The van der Waals surface area contributed by atoms with Crippen LogP contribution in [0.2, 0.25) is 0 Å². The van der Waals surface area contributed by atoms with Crippen LogP contribution in [0.25, 0.3) is 20.9 Å². The molecular formula is C20H16N6O6. The number of nitrogens with zero attached hydrogens (tertiary/aromatic N) is 6. The molecule has 0 aliphatic rings. The maximum Gasteiger partial charge on any atom is 0.262 e. The highest BCUT2D eigenvalue weighted by atomic mass is 16.4. The van der Waals surface area contributed by atoms with Crippen LogP contribution in [0.5, 0.6) is 0 Å². The van der Waals surface area contributed by atoms with Crippen LogP contribution < -0.4 is 0 Å². The van der Waals surface area contributed by atoms with Gasteiger partial charge >= 0.3 is 0 Å². The maximum absolute atomic E-state index is 13.3. The monoisotopic (exact) mass is 436 g/mol. The predicted octanol–water partition coefficient (Wildman–Crippen LogP) is 2.51. The lowest BCUT2D eigenvalue weighted by molar-refractivity contribution is -0.162. The van der Waals surface area contributed by atoms with Gasteiger partial charge in [-0.15, -0.1) is 0 Å². The minimum Gasteiger partial charge on any atom is -0.371 e. The Balaban J connectivity index is 2.96. The Labute approximate surface area is 180 Å². The topological polar surface area (TPSA) is 206 Å². The third kappa shape index (κ3) is 3.73. The van der Waals surface area contributed by atoms with Crippen molar-refractivity contribution in [2.45, 2.75) is 25.0 Å². The zero-order valence-electron chi connectivity index (χ0n) is 16.8. The van der Waals surface area contributed by atoms with E-state index in [9.17, 15) is 29.4 Å². The summed E-state index contributed by atoms with van der Waals surface area (Å²) in [6.45, 7) is 2.84. The lowest BCUT2D eigenvalue weighted by Gasteiger charge is -2.37. The van der Waals surface area contributed by atoms with Gasteiger partial charge in [-0.05, 0) is 46.3 Å². The van der Waals surface area contributed by atoms with Gasteiger partial charge < -0.3 is 10.2 Å². The minimum atomic E-state index is -3.95. The first kappa shape index (κ1) is 23.9. The van der Waals surface area contributed by atoms with Gasteiger partial charge in [-0.3, -0.25) is 19.2 Å². The smallest absolute Gasteiger partial charge is 0.262 e. The van der Waals surface area contributed by atoms with Gasteiger partial charge in [-0.25, -0.2) is 0 Å². The van der Waals surface area contributed by atoms with Gasteiger partial charge in [-0.2, -0.15) is 0 Å². The molecule has 0 heterocycles. The van der Waals surface area contributed by atoms with Crippen molar-refractivity contribution in [2.75, 3.05) is 0 Å². The van der Waals surface area contributed by atoms with Crippen LogP contribution in [-0.4, -0.2) is 44.8 Å². The van der Waals surface area contributed by atoms with Crippen molar-refractivity contribution >= 4 is 23.4 Å². The van der Waals surface area contributed by atoms with E-state index in [0.717, 1.165) is 12.1 Å². The number of hydrogen-bond acceptors (Lipinski definition) is 6. The lowest BCUT2D eigenvalue weighted by Crippen LogP contribution is -2.71. The first-order valence-electron chi connectivity index (χ1n) is 8.92. The Morgan fingerprint density at radius 1 is 0.719 bits per heavy atom. The molecule has 2 rings (SSSR count). The Morgan fingerprint density at radius 3 is 1.31 bits per heavy atom. The summed E-state index contributed by atoms with van der Waals surface area (Å²) in [7, 11) is 0. The number of azide groups is 2. The summed E-state index contributed by atoms with van der Waals surface area (Å²) in [4.78, 5) is 56.4. The molecule has 0 fully saturated rings. The van der Waals surface area contributed by atoms with E-state index in [1.54, 1.807) is 0 Å². The fraction of sp³-hybridized carbons (Fsp3) is 0.200. The normalized spacial score (nSPS) is 14.0. The van der Waals surface area contributed by atoms with Gasteiger partial charge in [0.25, 0.3) is 11.8 Å². The number of aryl methyl sites for hydroxylation is 2. The van der Waals surface area contributed by atoms with Crippen LogP contribution in [0.15, 0.2) is 58.8 Å². The zero-order chi connectivity index (χ0) is 24.1. The second kappa shape index (κ2) is 9.21. The Hall–Kier alpha value is -4.34. The molecule has 2 atom stereocenters. The van der Waals surface area contributed by atoms with Crippen LogP contribution in [-0.2, 0) is 9.59 Å². The minimum absolute atomic E-state index is 0.201. The molecule has 0 spiro atoms. The molecular weight excluding hydrogens is 420 g/mol. The molecule has 0 radical (unpaired) electrons. The van der Waals surface area contributed by atoms with Gasteiger partial charge in [-0.1, -0.05) is 48.5 Å². The summed E-state index contributed by atoms with van der Waals surface area (Å²) in [5.74, 6) is -7.31. The van der Waals surface area contributed by atoms with Gasteiger partial charge in [0.2, 0.25) is 22.8 Å². The van der Waals surface area contributed by atoms with E-state index in [4.69, 9.17) is 11.1 Å². The summed E-state index contributed by atoms with van der Waals surface area (Å²) in [6.07, 6.45) is 0. The third-order valence-electron chi connectivity index (χ3n) is 4.85. The zero-order valence-corrected chi connectivity index (χ0v) is 16.8. The van der Waals surface area contributed by atoms with Gasteiger partial charge in [0, 0.05) is 21.0 Å². The number of carbonyl (C=O) groups is 4. The average Bonchev–Trinajstić information content (AvgIpc) is 2.77. The fourth-order valence-corrected chi connectivity index (χ4v) is 3.10. The standard InChI is InChI=1S/C20H16N6O6/c1-11-7-3-5-9-13(11)15(27)19(31,17(29)23-25-21)20(32,18(30)24-26-22)16(28)14-10-6-4-8-12(14)2/h3-10,31-32H,1-2H3/t19-,20-/m0/s1. The highest BCUT2D eigenvalue weighted by Gasteiger charge is 2.68. The van der Waals surface area contributed by atoms with Crippen LogP contribution in [0.4, 0.5) is 0 Å². The largest absolute Gasteiger partial charge is 0.371 e. The molecule has 2 aromatic carbocycles. The van der Waals surface area contributed by atoms with Crippen molar-refractivity contribution in [2.24, 2.45) is 10.2 Å². The van der Waals surface area contributed by atoms with E-state index < -0.39 is 34.6 Å². The Bertz CT molecular complexity index is 1140. The van der Waals surface area contributed by atoms with Crippen molar-refractivity contribution in [1.82, 2.24) is 0 Å². The fourth-order valence-electron chi connectivity index (χ4n) is 3.10. The quantitative estimate of drug-likeness (QED) is 0.219. The van der Waals surface area contributed by atoms with E-state index in [1.165, 1.54) is 50.2 Å². The first-order valence-corrected chi connectivity index (χ1v) is 8.92. The number of hydrogen-bond donors (Lipinski definition) is 2. The molecule has 0 unspecified atom stereocenters. The van der Waals surface area contributed by atoms with Crippen LogP contribution in [0.1, 0.15) is 31.8 Å². The van der Waals surface area contributed by atoms with Gasteiger partial charge in [0.15, 0.2) is 0 Å². The second-order valence-corrected chi connectivity index (χ2v) is 6.70. The van der Waals surface area contributed by atoms with E-state index in [2.05, 4.69) is 20.1 Å². The van der Waals surface area contributed by atoms with Gasteiger partial charge in [0.05, 0.1) is 0 Å². The summed E-state index contributed by atoms with van der Waals surface area (Å²) >= 11 is 0. The van der Waals surface area contributed by atoms with Gasteiger partial charge in [0.1, 0.15) is 0 Å². The molecule has 0 aromatic heterocycles. The van der Waals surface area contributed by atoms with E-state index in [0.29, 0.717) is 0 Å². The Kier molecular flexibility index (Phi) is 6.89. The van der Waals surface area contributed by atoms with Crippen molar-refractivity contribution in [1.29, 1.82) is 0 Å². The van der Waals surface area contributed by atoms with E-state index in [-0.39, 0.29) is 22.3 Å². The highest BCUT2D eigenvalue weighted by Crippen LogP contribution is 2.35. The molecule has 12 nitrogen and oxygen atoms in total. The molecule has 0 aliphatic carbocycles. The molecule has 2 amide bonds. The van der Waals surface area contributed by atoms with Crippen LogP contribution >= 0.6 is 0 Å². The number of aliphatic hydroxyl groups is 2. The first-order chi connectivity index (χ1) is 15.1. The summed E-state index contributed by atoms with van der Waals surface area (Å²) in [5.41, 5.74) is 9.18. The molecule has 0 saturated carbocycles. The Morgan fingerprint density at radius 2 is 1.03 bits per heavy atom. The summed E-state index contributed by atoms with van der Waals surface area (Å²) < 4.78 is 0. The summed E-state index contributed by atoms with van der Waals surface area (Å²) in [6, 6.07) is 10.9.